The molecule has 15 heavy (non-hydrogen) atoms. The zero-order valence-electron chi connectivity index (χ0n) is 9.37. The van der Waals surface area contributed by atoms with Crippen molar-refractivity contribution in [3.63, 3.8) is 0 Å². The Bertz CT molecular complexity index is 350. The molecule has 0 unspecified atom stereocenters. The van der Waals surface area contributed by atoms with E-state index in [1.165, 1.54) is 0 Å². The molecule has 1 rings (SSSR count). The van der Waals surface area contributed by atoms with Gasteiger partial charge in [-0.15, -0.1) is 0 Å². The van der Waals surface area contributed by atoms with Gasteiger partial charge in [0, 0.05) is 6.54 Å². The summed E-state index contributed by atoms with van der Waals surface area (Å²) in [7, 11) is 0. The molecular formula is C12H19N3. The summed E-state index contributed by atoms with van der Waals surface area (Å²) in [5, 5.41) is 0. The van der Waals surface area contributed by atoms with Crippen LogP contribution < -0.4 is 5.73 Å². The molecule has 0 aliphatic carbocycles. The Balaban J connectivity index is 2.89. The second kappa shape index (κ2) is 5.51. The highest BCUT2D eigenvalue weighted by Crippen LogP contribution is 2.15. The number of imidazole rings is 1. The molecule has 0 fully saturated rings. The number of nitrogens with two attached hydrogens (primary N) is 1. The van der Waals surface area contributed by atoms with Gasteiger partial charge in [0.2, 0.25) is 0 Å². The highest BCUT2D eigenvalue weighted by Gasteiger charge is 2.08. The van der Waals surface area contributed by atoms with Gasteiger partial charge in [-0.1, -0.05) is 13.2 Å². The van der Waals surface area contributed by atoms with Crippen LogP contribution in [0.25, 0.3) is 12.2 Å². The summed E-state index contributed by atoms with van der Waals surface area (Å²) in [5.74, 6) is 1.01. The first-order valence-electron chi connectivity index (χ1n) is 5.26. The smallest absolute Gasteiger partial charge is 0.106 e. The molecule has 82 valence electrons. The minimum Gasteiger partial charge on any atom is -0.330 e. The number of aromatic nitrogens is 2. The predicted octanol–water partition coefficient (Wildman–Crippen LogP) is 2.22. The largest absolute Gasteiger partial charge is 0.330 e. The van der Waals surface area contributed by atoms with Gasteiger partial charge in [0.05, 0.1) is 11.4 Å². The highest BCUT2D eigenvalue weighted by molar-refractivity contribution is 5.58. The predicted molar refractivity (Wildman–Crippen MR) is 65.4 cm³/mol. The van der Waals surface area contributed by atoms with E-state index in [1.54, 1.807) is 6.08 Å². The van der Waals surface area contributed by atoms with Crippen molar-refractivity contribution in [1.82, 2.24) is 9.55 Å². The van der Waals surface area contributed by atoms with Crippen molar-refractivity contribution in [3.8, 4) is 0 Å². The van der Waals surface area contributed by atoms with Gasteiger partial charge >= 0.3 is 0 Å². The first kappa shape index (κ1) is 11.7. The molecular weight excluding hydrogens is 186 g/mol. The number of unbranched alkanes of at least 4 members (excludes halogenated alkanes) is 1. The van der Waals surface area contributed by atoms with E-state index in [-0.39, 0.29) is 0 Å². The van der Waals surface area contributed by atoms with Gasteiger partial charge in [0.1, 0.15) is 5.82 Å². The molecule has 3 nitrogen and oxygen atoms in total. The Morgan fingerprint density at radius 1 is 1.33 bits per heavy atom. The Labute approximate surface area is 91.3 Å². The molecule has 0 amide bonds. The zero-order valence-corrected chi connectivity index (χ0v) is 9.37. The third-order valence-corrected chi connectivity index (χ3v) is 2.45. The van der Waals surface area contributed by atoms with E-state index in [9.17, 15) is 0 Å². The Kier molecular flexibility index (Phi) is 4.31. The summed E-state index contributed by atoms with van der Waals surface area (Å²) >= 11 is 0. The molecule has 0 spiro atoms. The molecule has 0 aliphatic rings. The lowest BCUT2D eigenvalue weighted by atomic mass is 10.2. The first-order valence-corrected chi connectivity index (χ1v) is 5.26. The summed E-state index contributed by atoms with van der Waals surface area (Å²) in [4.78, 5) is 4.42. The molecule has 0 saturated heterocycles. The Morgan fingerprint density at radius 2 is 2.07 bits per heavy atom. The number of hydrogen-bond acceptors (Lipinski definition) is 2. The van der Waals surface area contributed by atoms with Crippen molar-refractivity contribution in [2.24, 2.45) is 5.73 Å². The van der Waals surface area contributed by atoms with Gasteiger partial charge in [0.25, 0.3) is 0 Å². The average Bonchev–Trinajstić information content (AvgIpc) is 2.55. The fraction of sp³-hybridized carbons (Fsp3) is 0.417. The summed E-state index contributed by atoms with van der Waals surface area (Å²) in [6.07, 6.45) is 5.71. The number of hydrogen-bond donors (Lipinski definition) is 1. The van der Waals surface area contributed by atoms with Crippen LogP contribution in [-0.4, -0.2) is 16.1 Å². The van der Waals surface area contributed by atoms with Crippen LogP contribution in [0.15, 0.2) is 13.2 Å². The van der Waals surface area contributed by atoms with Crippen LogP contribution in [0, 0.1) is 6.92 Å². The molecule has 1 aromatic rings. The first-order chi connectivity index (χ1) is 7.24. The van der Waals surface area contributed by atoms with Crippen LogP contribution in [0.4, 0.5) is 0 Å². The van der Waals surface area contributed by atoms with Gasteiger partial charge in [-0.3, -0.25) is 0 Å². The molecule has 0 bridgehead atoms. The fourth-order valence-electron chi connectivity index (χ4n) is 1.67. The van der Waals surface area contributed by atoms with Gasteiger partial charge in [-0.25, -0.2) is 4.98 Å². The monoisotopic (exact) mass is 205 g/mol. The van der Waals surface area contributed by atoms with Crippen LogP contribution in [0.3, 0.4) is 0 Å². The highest BCUT2D eigenvalue weighted by atomic mass is 15.1. The van der Waals surface area contributed by atoms with E-state index in [1.807, 2.05) is 13.0 Å². The second-order valence-corrected chi connectivity index (χ2v) is 3.49. The van der Waals surface area contributed by atoms with Crippen LogP contribution in [0.1, 0.15) is 30.1 Å². The summed E-state index contributed by atoms with van der Waals surface area (Å²) in [6, 6.07) is 0. The van der Waals surface area contributed by atoms with Gasteiger partial charge in [-0.2, -0.15) is 0 Å². The van der Waals surface area contributed by atoms with Crippen molar-refractivity contribution in [3.05, 3.63) is 30.4 Å². The van der Waals surface area contributed by atoms with Gasteiger partial charge in [-0.05, 0) is 38.5 Å². The van der Waals surface area contributed by atoms with Crippen LogP contribution >= 0.6 is 0 Å². The van der Waals surface area contributed by atoms with E-state index in [0.29, 0.717) is 0 Å². The lowest BCUT2D eigenvalue weighted by molar-refractivity contribution is 0.598. The van der Waals surface area contributed by atoms with Gasteiger partial charge in [0.15, 0.2) is 0 Å². The number of aryl methyl sites for hydroxylation is 1. The minimum atomic E-state index is 0.742. The number of rotatable bonds is 6. The number of nitrogens with zero attached hydrogens (tertiary/aromatic N) is 2. The Morgan fingerprint density at radius 3 is 2.60 bits per heavy atom. The van der Waals surface area contributed by atoms with Crippen LogP contribution in [0.5, 0.6) is 0 Å². The van der Waals surface area contributed by atoms with Crippen molar-refractivity contribution >= 4 is 12.2 Å². The Hall–Kier alpha value is -1.35. The lowest BCUT2D eigenvalue weighted by Crippen LogP contribution is -2.06. The second-order valence-electron chi connectivity index (χ2n) is 3.49. The maximum absolute atomic E-state index is 5.47. The van der Waals surface area contributed by atoms with Crippen molar-refractivity contribution < 1.29 is 0 Å². The van der Waals surface area contributed by atoms with Crippen molar-refractivity contribution in [2.45, 2.75) is 26.3 Å². The SMILES string of the molecule is C=Cc1nc(C)n(CCCCN)c1C=C. The standard InChI is InChI=1S/C12H19N3/c1-4-11-12(5-2)15(10(3)14-11)9-7-6-8-13/h4-5H,1-2,6-9,13H2,3H3. The molecule has 0 radical (unpaired) electrons. The molecule has 0 saturated carbocycles. The summed E-state index contributed by atoms with van der Waals surface area (Å²) in [5.41, 5.74) is 7.44. The van der Waals surface area contributed by atoms with E-state index < -0.39 is 0 Å². The summed E-state index contributed by atoms with van der Waals surface area (Å²) < 4.78 is 2.17. The fourth-order valence-corrected chi connectivity index (χ4v) is 1.67. The molecule has 0 aromatic carbocycles. The maximum atomic E-state index is 5.47. The minimum absolute atomic E-state index is 0.742. The quantitative estimate of drug-likeness (QED) is 0.724. The molecule has 2 N–H and O–H groups in total. The third-order valence-electron chi connectivity index (χ3n) is 2.45. The molecule has 0 atom stereocenters. The zero-order chi connectivity index (χ0) is 11.3. The topological polar surface area (TPSA) is 43.8 Å². The third kappa shape index (κ3) is 2.57. The van der Waals surface area contributed by atoms with E-state index >= 15 is 0 Å². The molecule has 3 heteroatoms. The summed E-state index contributed by atoms with van der Waals surface area (Å²) in [6.45, 7) is 11.2. The van der Waals surface area contributed by atoms with Gasteiger partial charge < -0.3 is 10.3 Å². The van der Waals surface area contributed by atoms with Crippen LogP contribution in [-0.2, 0) is 6.54 Å². The van der Waals surface area contributed by atoms with E-state index in [2.05, 4.69) is 22.7 Å². The van der Waals surface area contributed by atoms with Crippen LogP contribution in [0.2, 0.25) is 0 Å². The lowest BCUT2D eigenvalue weighted by Gasteiger charge is -2.07. The van der Waals surface area contributed by atoms with Crippen molar-refractivity contribution in [2.75, 3.05) is 6.54 Å². The van der Waals surface area contributed by atoms with E-state index in [4.69, 9.17) is 5.73 Å². The molecule has 1 heterocycles. The molecule has 0 aliphatic heterocycles. The maximum Gasteiger partial charge on any atom is 0.106 e. The molecule has 1 aromatic heterocycles. The van der Waals surface area contributed by atoms with Crippen molar-refractivity contribution in [1.29, 1.82) is 0 Å². The average molecular weight is 205 g/mol. The normalized spacial score (nSPS) is 10.3. The van der Waals surface area contributed by atoms with E-state index in [0.717, 1.165) is 43.1 Å².